The van der Waals surface area contributed by atoms with Gasteiger partial charge in [-0.1, -0.05) is 53.9 Å². The van der Waals surface area contributed by atoms with Crippen LogP contribution in [0.5, 0.6) is 0 Å². The van der Waals surface area contributed by atoms with Crippen LogP contribution in [0.1, 0.15) is 99.8 Å². The molecule has 3 saturated carbocycles. The van der Waals surface area contributed by atoms with Crippen molar-refractivity contribution in [3.05, 3.63) is 0 Å². The average Bonchev–Trinajstić information content (AvgIpc) is 3.36. The summed E-state index contributed by atoms with van der Waals surface area (Å²) in [5.41, 5.74) is -1.63. The Kier molecular flexibility index (Phi) is 7.55. The van der Waals surface area contributed by atoms with E-state index >= 15 is 0 Å². The van der Waals surface area contributed by atoms with Crippen molar-refractivity contribution in [2.24, 2.45) is 40.4 Å². The summed E-state index contributed by atoms with van der Waals surface area (Å²) in [5.74, 6) is 1.23. The molecule has 0 aromatic carbocycles. The quantitative estimate of drug-likeness (QED) is 0.386. The van der Waals surface area contributed by atoms with E-state index in [1.807, 2.05) is 0 Å². The second-order valence-corrected chi connectivity index (χ2v) is 13.5. The summed E-state index contributed by atoms with van der Waals surface area (Å²) in [4.78, 5) is 0. The minimum atomic E-state index is -1.08. The summed E-state index contributed by atoms with van der Waals surface area (Å²) in [7, 11) is 0. The first-order valence-electron chi connectivity index (χ1n) is 13.9. The maximum absolute atomic E-state index is 11.4. The lowest BCUT2D eigenvalue weighted by Gasteiger charge is -2.45. The Morgan fingerprint density at radius 1 is 1.03 bits per heavy atom. The Labute approximate surface area is 206 Å². The molecule has 1 aliphatic heterocycles. The number of hydrogen-bond donors (Lipinski definition) is 3. The molecule has 4 aliphatic rings. The highest BCUT2D eigenvalue weighted by atomic mass is 16.7. The zero-order chi connectivity index (χ0) is 25.1. The number of ether oxygens (including phenoxy) is 3. The van der Waals surface area contributed by atoms with Crippen LogP contribution >= 0.6 is 0 Å². The molecule has 0 spiro atoms. The molecule has 4 rings (SSSR count). The van der Waals surface area contributed by atoms with Crippen molar-refractivity contribution in [1.29, 1.82) is 0 Å². The van der Waals surface area contributed by atoms with E-state index in [0.29, 0.717) is 18.3 Å². The van der Waals surface area contributed by atoms with Crippen molar-refractivity contribution in [3.63, 3.8) is 0 Å². The molecule has 6 nitrogen and oxygen atoms in total. The third-order valence-corrected chi connectivity index (χ3v) is 10.3. The molecule has 4 fully saturated rings. The van der Waals surface area contributed by atoms with Crippen molar-refractivity contribution in [1.82, 2.24) is 0 Å². The van der Waals surface area contributed by atoms with Crippen LogP contribution in [0, 0.1) is 40.4 Å². The van der Waals surface area contributed by atoms with Gasteiger partial charge in [0.1, 0.15) is 0 Å². The van der Waals surface area contributed by atoms with Crippen LogP contribution in [0.15, 0.2) is 0 Å². The van der Waals surface area contributed by atoms with E-state index in [1.165, 1.54) is 19.3 Å². The first kappa shape index (κ1) is 26.8. The van der Waals surface area contributed by atoms with Crippen LogP contribution in [0.3, 0.4) is 0 Å². The van der Waals surface area contributed by atoms with Crippen molar-refractivity contribution in [3.8, 4) is 0 Å². The fourth-order valence-electron chi connectivity index (χ4n) is 7.85. The summed E-state index contributed by atoms with van der Waals surface area (Å²) in [6.07, 6.45) is 4.59. The molecule has 9 atom stereocenters. The standard InChI is InChI=1S/C28H50O6/c1-16(2)14-27(7,17(3)4)23(29)32-21-18-13-20-22(21)33-24(30)28(20,15-18)25(31)34-26(5,6)19-11-9-8-10-12-19/h16-25,29-31H,8-15H2,1-7H3. The van der Waals surface area contributed by atoms with Gasteiger partial charge >= 0.3 is 0 Å². The molecule has 0 aromatic heterocycles. The van der Waals surface area contributed by atoms with Gasteiger partial charge in [-0.2, -0.15) is 0 Å². The highest BCUT2D eigenvalue weighted by Gasteiger charge is 2.73. The van der Waals surface area contributed by atoms with Crippen LogP contribution in [-0.2, 0) is 14.2 Å². The van der Waals surface area contributed by atoms with Gasteiger partial charge in [0.15, 0.2) is 18.9 Å². The van der Waals surface area contributed by atoms with Gasteiger partial charge in [0.2, 0.25) is 0 Å². The second kappa shape index (κ2) is 9.57. The average molecular weight is 483 g/mol. The monoisotopic (exact) mass is 482 g/mol. The highest BCUT2D eigenvalue weighted by molar-refractivity contribution is 5.16. The molecule has 3 N–H and O–H groups in total. The molecular weight excluding hydrogens is 432 g/mol. The molecule has 0 amide bonds. The minimum absolute atomic E-state index is 0.0303. The maximum atomic E-state index is 11.4. The van der Waals surface area contributed by atoms with Crippen molar-refractivity contribution in [2.75, 3.05) is 0 Å². The van der Waals surface area contributed by atoms with E-state index in [0.717, 1.165) is 25.7 Å². The Hall–Kier alpha value is -0.240. The number of rotatable bonds is 10. The smallest absolute Gasteiger partial charge is 0.166 e. The number of hydrogen-bond acceptors (Lipinski definition) is 6. The van der Waals surface area contributed by atoms with Crippen LogP contribution in [-0.4, -0.2) is 52.0 Å². The molecule has 1 saturated heterocycles. The predicted molar refractivity (Wildman–Crippen MR) is 131 cm³/mol. The first-order chi connectivity index (χ1) is 15.8. The van der Waals surface area contributed by atoms with Crippen LogP contribution in [0.4, 0.5) is 0 Å². The molecule has 198 valence electrons. The Balaban J connectivity index is 1.46. The highest BCUT2D eigenvalue weighted by Crippen LogP contribution is 2.66. The normalized spacial score (nSPS) is 39.7. The summed E-state index contributed by atoms with van der Waals surface area (Å²) < 4.78 is 18.8. The zero-order valence-corrected chi connectivity index (χ0v) is 22.5. The third kappa shape index (κ3) is 4.39. The largest absolute Gasteiger partial charge is 0.367 e. The van der Waals surface area contributed by atoms with E-state index in [4.69, 9.17) is 14.2 Å². The maximum Gasteiger partial charge on any atom is 0.166 e. The third-order valence-electron chi connectivity index (χ3n) is 10.3. The summed E-state index contributed by atoms with van der Waals surface area (Å²) in [6, 6.07) is 0. The second-order valence-electron chi connectivity index (χ2n) is 13.5. The Morgan fingerprint density at radius 2 is 1.68 bits per heavy atom. The van der Waals surface area contributed by atoms with Gasteiger partial charge in [-0.25, -0.2) is 0 Å². The number of fused-ring (bicyclic) bond motifs is 1. The van der Waals surface area contributed by atoms with Gasteiger partial charge in [0, 0.05) is 11.3 Å². The van der Waals surface area contributed by atoms with Crippen molar-refractivity contribution >= 4 is 0 Å². The predicted octanol–water partition coefficient (Wildman–Crippen LogP) is 4.84. The minimum Gasteiger partial charge on any atom is -0.367 e. The Morgan fingerprint density at radius 3 is 2.26 bits per heavy atom. The topological polar surface area (TPSA) is 88.4 Å². The molecule has 34 heavy (non-hydrogen) atoms. The molecule has 0 aromatic rings. The lowest BCUT2D eigenvalue weighted by molar-refractivity contribution is -0.280. The van der Waals surface area contributed by atoms with Crippen LogP contribution < -0.4 is 0 Å². The van der Waals surface area contributed by atoms with E-state index in [-0.39, 0.29) is 35.4 Å². The van der Waals surface area contributed by atoms with Crippen LogP contribution in [0.25, 0.3) is 0 Å². The van der Waals surface area contributed by atoms with Gasteiger partial charge in [-0.3, -0.25) is 0 Å². The summed E-state index contributed by atoms with van der Waals surface area (Å²) in [6.45, 7) is 14.9. The molecule has 0 radical (unpaired) electrons. The van der Waals surface area contributed by atoms with E-state index in [1.54, 1.807) is 0 Å². The van der Waals surface area contributed by atoms with Gasteiger partial charge in [0.05, 0.1) is 23.2 Å². The Bertz CT molecular complexity index is 703. The SMILES string of the molecule is CC(C)CC(C)(C(C)C)C(O)OC1C2CC3C1OC(O)C3(C(O)OC(C)(C)C1CCCCC1)C2. The lowest BCUT2D eigenvalue weighted by atomic mass is 9.71. The zero-order valence-electron chi connectivity index (χ0n) is 22.5. The fraction of sp³-hybridized carbons (Fsp3) is 1.00. The van der Waals surface area contributed by atoms with Crippen molar-refractivity contribution in [2.45, 2.75) is 137 Å². The molecule has 9 unspecified atom stereocenters. The lowest BCUT2D eigenvalue weighted by Crippen LogP contribution is -2.53. The molecule has 3 aliphatic carbocycles. The van der Waals surface area contributed by atoms with Gasteiger partial charge in [0.25, 0.3) is 0 Å². The number of aliphatic hydroxyl groups is 3. The molecule has 6 heteroatoms. The van der Waals surface area contributed by atoms with E-state index in [2.05, 4.69) is 48.5 Å². The number of aliphatic hydroxyl groups excluding tert-OH is 3. The van der Waals surface area contributed by atoms with Gasteiger partial charge in [-0.15, -0.1) is 0 Å². The molecule has 2 bridgehead atoms. The van der Waals surface area contributed by atoms with E-state index < -0.39 is 29.9 Å². The summed E-state index contributed by atoms with van der Waals surface area (Å²) in [5, 5.41) is 33.7. The van der Waals surface area contributed by atoms with Gasteiger partial charge in [-0.05, 0) is 69.6 Å². The van der Waals surface area contributed by atoms with Crippen molar-refractivity contribution < 1.29 is 29.5 Å². The van der Waals surface area contributed by atoms with Crippen LogP contribution in [0.2, 0.25) is 0 Å². The molecular formula is C28H50O6. The molecule has 1 heterocycles. The van der Waals surface area contributed by atoms with Gasteiger partial charge < -0.3 is 29.5 Å². The fourth-order valence-corrected chi connectivity index (χ4v) is 7.85. The first-order valence-corrected chi connectivity index (χ1v) is 13.9. The summed E-state index contributed by atoms with van der Waals surface area (Å²) >= 11 is 0. The van der Waals surface area contributed by atoms with E-state index in [9.17, 15) is 15.3 Å².